The smallest absolute Gasteiger partial charge is 0.261 e. The zero-order valence-electron chi connectivity index (χ0n) is 14.9. The van der Waals surface area contributed by atoms with Crippen molar-refractivity contribution in [3.63, 3.8) is 0 Å². The van der Waals surface area contributed by atoms with E-state index in [-0.39, 0.29) is 46.7 Å². The van der Waals surface area contributed by atoms with Crippen LogP contribution in [0.25, 0.3) is 10.9 Å². The van der Waals surface area contributed by atoms with Gasteiger partial charge >= 0.3 is 0 Å². The van der Waals surface area contributed by atoms with E-state index in [1.807, 2.05) is 27.8 Å². The second kappa shape index (κ2) is 9.46. The van der Waals surface area contributed by atoms with Crippen LogP contribution in [0.15, 0.2) is 16.9 Å². The van der Waals surface area contributed by atoms with Crippen molar-refractivity contribution < 1.29 is 8.78 Å². The summed E-state index contributed by atoms with van der Waals surface area (Å²) in [7, 11) is 1.86. The molecular weight excluding hydrogens is 371 g/mol. The highest BCUT2D eigenvalue weighted by molar-refractivity contribution is 5.85. The molecule has 0 amide bonds. The lowest BCUT2D eigenvalue weighted by molar-refractivity contribution is 0.330. The first-order chi connectivity index (χ1) is 10.7. The zero-order valence-corrected chi connectivity index (χ0v) is 16.5. The van der Waals surface area contributed by atoms with E-state index < -0.39 is 11.6 Å². The molecule has 0 aliphatic rings. The van der Waals surface area contributed by atoms with Gasteiger partial charge in [0.2, 0.25) is 0 Å². The number of aryl methyl sites for hydroxylation is 1. The maximum atomic E-state index is 13.5. The van der Waals surface area contributed by atoms with Gasteiger partial charge in [0.25, 0.3) is 5.56 Å². The van der Waals surface area contributed by atoms with Gasteiger partial charge in [-0.05, 0) is 31.5 Å². The first-order valence-corrected chi connectivity index (χ1v) is 7.76. The summed E-state index contributed by atoms with van der Waals surface area (Å²) in [5, 5.41) is 3.17. The number of hydrogen-bond acceptors (Lipinski definition) is 3. The fourth-order valence-corrected chi connectivity index (χ4v) is 2.51. The Morgan fingerprint density at radius 1 is 1.16 bits per heavy atom. The lowest BCUT2D eigenvalue weighted by atomic mass is 9.96. The van der Waals surface area contributed by atoms with E-state index >= 15 is 0 Å². The summed E-state index contributed by atoms with van der Waals surface area (Å²) in [6.07, 6.45) is 1.41. The molecule has 0 bridgehead atoms. The van der Waals surface area contributed by atoms with Gasteiger partial charge in [-0.15, -0.1) is 24.8 Å². The van der Waals surface area contributed by atoms with Crippen LogP contribution in [0.2, 0.25) is 0 Å². The molecule has 1 N–H and O–H groups in total. The molecule has 0 aliphatic carbocycles. The van der Waals surface area contributed by atoms with Crippen LogP contribution in [0.1, 0.15) is 33.0 Å². The average molecular weight is 396 g/mol. The molecule has 0 fully saturated rings. The molecule has 0 radical (unpaired) electrons. The first kappa shape index (κ1) is 23.8. The second-order valence-electron chi connectivity index (χ2n) is 6.97. The van der Waals surface area contributed by atoms with Gasteiger partial charge in [0.1, 0.15) is 5.82 Å². The minimum atomic E-state index is -1.03. The molecule has 0 unspecified atom stereocenters. The molecule has 8 heteroatoms. The standard InChI is InChI=1S/C17H23F2N3O.2ClH/c1-17(2,3)10-22-15(6-5-7-20-4)21-14-9-13(19)12(18)8-11(14)16(22)23;;/h8-9,20H,5-7,10H2,1-4H3;2*1H. The third-order valence-electron chi connectivity index (χ3n) is 3.53. The lowest BCUT2D eigenvalue weighted by Crippen LogP contribution is -2.31. The van der Waals surface area contributed by atoms with Gasteiger partial charge in [-0.1, -0.05) is 20.8 Å². The van der Waals surface area contributed by atoms with Crippen molar-refractivity contribution in [1.29, 1.82) is 0 Å². The lowest BCUT2D eigenvalue weighted by Gasteiger charge is -2.22. The van der Waals surface area contributed by atoms with Crippen molar-refractivity contribution in [1.82, 2.24) is 14.9 Å². The minimum absolute atomic E-state index is 0. The summed E-state index contributed by atoms with van der Waals surface area (Å²) < 4.78 is 28.5. The molecule has 2 aromatic rings. The highest BCUT2D eigenvalue weighted by Gasteiger charge is 2.19. The van der Waals surface area contributed by atoms with E-state index in [4.69, 9.17) is 0 Å². The number of fused-ring (bicyclic) bond motifs is 1. The highest BCUT2D eigenvalue weighted by atomic mass is 35.5. The van der Waals surface area contributed by atoms with Crippen LogP contribution in [-0.2, 0) is 13.0 Å². The van der Waals surface area contributed by atoms with E-state index in [1.165, 1.54) is 0 Å². The van der Waals surface area contributed by atoms with Crippen molar-refractivity contribution in [2.24, 2.45) is 5.41 Å². The molecule has 0 atom stereocenters. The molecule has 0 saturated carbocycles. The molecule has 142 valence electrons. The number of benzene rings is 1. The van der Waals surface area contributed by atoms with E-state index in [9.17, 15) is 13.6 Å². The van der Waals surface area contributed by atoms with Crippen molar-refractivity contribution >= 4 is 35.7 Å². The maximum absolute atomic E-state index is 13.5. The van der Waals surface area contributed by atoms with Gasteiger partial charge in [0.05, 0.1) is 10.9 Å². The number of nitrogens with one attached hydrogen (secondary N) is 1. The number of hydrogen-bond donors (Lipinski definition) is 1. The van der Waals surface area contributed by atoms with Gasteiger partial charge in [-0.25, -0.2) is 13.8 Å². The topological polar surface area (TPSA) is 46.9 Å². The first-order valence-electron chi connectivity index (χ1n) is 7.76. The molecule has 4 nitrogen and oxygen atoms in total. The van der Waals surface area contributed by atoms with Gasteiger partial charge in [0.15, 0.2) is 11.6 Å². The van der Waals surface area contributed by atoms with Gasteiger partial charge < -0.3 is 5.32 Å². The van der Waals surface area contributed by atoms with Crippen LogP contribution < -0.4 is 10.9 Å². The average Bonchev–Trinajstić information content (AvgIpc) is 2.44. The largest absolute Gasteiger partial charge is 0.320 e. The van der Waals surface area contributed by atoms with E-state index in [0.29, 0.717) is 18.8 Å². The van der Waals surface area contributed by atoms with Crippen molar-refractivity contribution in [2.75, 3.05) is 13.6 Å². The van der Waals surface area contributed by atoms with Gasteiger partial charge in [-0.2, -0.15) is 0 Å². The molecule has 1 aromatic heterocycles. The molecule has 0 spiro atoms. The van der Waals surface area contributed by atoms with E-state index in [2.05, 4.69) is 10.3 Å². The molecule has 1 aromatic carbocycles. The van der Waals surface area contributed by atoms with Gasteiger partial charge in [-0.3, -0.25) is 9.36 Å². The van der Waals surface area contributed by atoms with Crippen molar-refractivity contribution in [2.45, 2.75) is 40.2 Å². The summed E-state index contributed by atoms with van der Waals surface area (Å²) in [5.74, 6) is -1.40. The summed E-state index contributed by atoms with van der Waals surface area (Å²) in [6.45, 7) is 7.33. The molecule has 0 aliphatic heterocycles. The van der Waals surface area contributed by atoms with E-state index in [0.717, 1.165) is 25.1 Å². The summed E-state index contributed by atoms with van der Waals surface area (Å²) in [5.41, 5.74) is -0.239. The number of halogens is 4. The van der Waals surface area contributed by atoms with E-state index in [1.54, 1.807) is 4.57 Å². The molecular formula is C17H25Cl2F2N3O. The molecule has 2 rings (SSSR count). The Balaban J connectivity index is 0.00000288. The Labute approximate surface area is 158 Å². The number of rotatable bonds is 5. The van der Waals surface area contributed by atoms with Crippen LogP contribution in [-0.4, -0.2) is 23.1 Å². The Morgan fingerprint density at radius 2 is 1.76 bits per heavy atom. The zero-order chi connectivity index (χ0) is 17.2. The fourth-order valence-electron chi connectivity index (χ4n) is 2.51. The van der Waals surface area contributed by atoms with Crippen molar-refractivity contribution in [3.8, 4) is 0 Å². The minimum Gasteiger partial charge on any atom is -0.320 e. The summed E-state index contributed by atoms with van der Waals surface area (Å²) >= 11 is 0. The normalized spacial score (nSPS) is 11.1. The number of nitrogens with zero attached hydrogens (tertiary/aromatic N) is 2. The number of aromatic nitrogens is 2. The Kier molecular flexibility index (Phi) is 8.99. The second-order valence-corrected chi connectivity index (χ2v) is 6.97. The third-order valence-corrected chi connectivity index (χ3v) is 3.53. The Bertz CT molecular complexity index is 773. The van der Waals surface area contributed by atoms with Gasteiger partial charge in [0, 0.05) is 19.0 Å². The van der Waals surface area contributed by atoms with Crippen molar-refractivity contribution in [3.05, 3.63) is 39.9 Å². The Hall–Kier alpha value is -1.24. The monoisotopic (exact) mass is 395 g/mol. The van der Waals surface area contributed by atoms with Crippen LogP contribution >= 0.6 is 24.8 Å². The maximum Gasteiger partial charge on any atom is 0.261 e. The van der Waals surface area contributed by atoms with Crippen LogP contribution in [0.4, 0.5) is 8.78 Å². The predicted octanol–water partition coefficient (Wildman–Crippen LogP) is 3.72. The predicted molar refractivity (Wildman–Crippen MR) is 102 cm³/mol. The SMILES string of the molecule is CNCCCc1nc2cc(F)c(F)cc2c(=O)n1CC(C)(C)C.Cl.Cl. The quantitative estimate of drug-likeness (QED) is 0.784. The van der Waals surface area contributed by atoms with Crippen LogP contribution in [0, 0.1) is 17.0 Å². The molecule has 1 heterocycles. The fraction of sp³-hybridized carbons (Fsp3) is 0.529. The Morgan fingerprint density at radius 3 is 2.32 bits per heavy atom. The molecule has 25 heavy (non-hydrogen) atoms. The van der Waals surface area contributed by atoms with Crippen LogP contribution in [0.5, 0.6) is 0 Å². The summed E-state index contributed by atoms with van der Waals surface area (Å²) in [4.78, 5) is 17.2. The molecule has 0 saturated heterocycles. The van der Waals surface area contributed by atoms with Crippen LogP contribution in [0.3, 0.4) is 0 Å². The summed E-state index contributed by atoms with van der Waals surface area (Å²) in [6, 6.07) is 1.94. The third kappa shape index (κ3) is 5.90. The highest BCUT2D eigenvalue weighted by Crippen LogP contribution is 2.19.